The minimum atomic E-state index is 0. The number of nitrogens with zero attached hydrogens (tertiary/aromatic N) is 1. The second kappa shape index (κ2) is 6.02. The molecule has 1 saturated heterocycles. The largest absolute Gasteiger partial charge is 0.355 e. The summed E-state index contributed by atoms with van der Waals surface area (Å²) in [6.07, 6.45) is 3.56. The molecule has 1 heterocycles. The highest BCUT2D eigenvalue weighted by molar-refractivity contribution is 5.78. The molecule has 1 N–H and O–H groups in total. The van der Waals surface area contributed by atoms with Gasteiger partial charge in [0.25, 0.3) is 0 Å². The van der Waals surface area contributed by atoms with Crippen molar-refractivity contribution in [3.8, 4) is 0 Å². The highest BCUT2D eigenvalue weighted by Crippen LogP contribution is 2.05. The van der Waals surface area contributed by atoms with Crippen LogP contribution in [0, 0.1) is 5.92 Å². The summed E-state index contributed by atoms with van der Waals surface area (Å²) in [5, 5.41) is 2.98. The summed E-state index contributed by atoms with van der Waals surface area (Å²) in [6, 6.07) is 0. The first-order chi connectivity index (χ1) is 6.74. The molecule has 1 rings (SSSR count). The first kappa shape index (κ1) is 11.5. The van der Waals surface area contributed by atoms with E-state index < -0.39 is 0 Å². The molecule has 1 aliphatic heterocycles. The number of carbonyl (C=O) groups excluding carboxylic acids is 1. The molecule has 0 bridgehead atoms. The van der Waals surface area contributed by atoms with E-state index in [9.17, 15) is 4.79 Å². The van der Waals surface area contributed by atoms with E-state index in [4.69, 9.17) is 0 Å². The van der Waals surface area contributed by atoms with Crippen molar-refractivity contribution >= 4 is 5.91 Å². The first-order valence-corrected chi connectivity index (χ1v) is 5.74. The highest BCUT2D eigenvalue weighted by Gasteiger charge is 2.12. The van der Waals surface area contributed by atoms with Crippen molar-refractivity contribution in [2.75, 3.05) is 26.2 Å². The molecule has 0 saturated carbocycles. The number of hydrogen-bond donors (Lipinski definition) is 1. The van der Waals surface area contributed by atoms with Crippen molar-refractivity contribution in [1.29, 1.82) is 0 Å². The number of hydrogen-bond acceptors (Lipinski definition) is 2. The summed E-state index contributed by atoms with van der Waals surface area (Å²) < 4.78 is 0. The van der Waals surface area contributed by atoms with Gasteiger partial charge in [-0.25, -0.2) is 0 Å². The van der Waals surface area contributed by atoms with Crippen LogP contribution in [0.25, 0.3) is 0 Å². The van der Waals surface area contributed by atoms with Crippen LogP contribution < -0.4 is 5.32 Å². The second-order valence-corrected chi connectivity index (χ2v) is 4.15. The third-order valence-electron chi connectivity index (χ3n) is 2.99. The van der Waals surface area contributed by atoms with E-state index in [-0.39, 0.29) is 13.3 Å². The Bertz CT molecular complexity index is 181. The number of likely N-dealkylation sites (tertiary alicyclic amines) is 1. The third kappa shape index (κ3) is 3.66. The van der Waals surface area contributed by atoms with Crippen molar-refractivity contribution < 1.29 is 6.22 Å². The van der Waals surface area contributed by atoms with E-state index >= 15 is 0 Å². The van der Waals surface area contributed by atoms with Crippen LogP contribution in [-0.4, -0.2) is 37.0 Å². The molecular weight excluding hydrogens is 176 g/mol. The van der Waals surface area contributed by atoms with E-state index in [0.717, 1.165) is 19.5 Å². The van der Waals surface area contributed by atoms with E-state index in [1.54, 1.807) is 0 Å². The molecule has 0 radical (unpaired) electrons. The van der Waals surface area contributed by atoms with E-state index in [1.807, 2.05) is 13.8 Å². The lowest BCUT2D eigenvalue weighted by Gasteiger charge is -2.16. The molecule has 14 heavy (non-hydrogen) atoms. The molecule has 0 aromatic carbocycles. The van der Waals surface area contributed by atoms with Gasteiger partial charge in [0.2, 0.25) is 5.91 Å². The standard InChI is InChI=1S/C11H22N2O.H2/c1-3-10(2)11(14)12-6-9-13-7-4-5-8-13;/h10H,3-9H2,1-2H3,(H,12,14);1H. The van der Waals surface area contributed by atoms with Crippen LogP contribution in [0.2, 0.25) is 0 Å². The fourth-order valence-electron chi connectivity index (χ4n) is 1.70. The van der Waals surface area contributed by atoms with Crippen LogP contribution in [0.5, 0.6) is 0 Å². The lowest BCUT2D eigenvalue weighted by molar-refractivity contribution is -0.124. The monoisotopic (exact) mass is 200 g/mol. The molecular formula is C11H24N2O. The van der Waals surface area contributed by atoms with Gasteiger partial charge in [0.15, 0.2) is 0 Å². The summed E-state index contributed by atoms with van der Waals surface area (Å²) >= 11 is 0. The molecule has 1 atom stereocenters. The number of nitrogens with one attached hydrogen (secondary N) is 1. The molecule has 3 heteroatoms. The Morgan fingerprint density at radius 3 is 2.71 bits per heavy atom. The van der Waals surface area contributed by atoms with Crippen molar-refractivity contribution in [3.63, 3.8) is 0 Å². The van der Waals surface area contributed by atoms with Crippen molar-refractivity contribution in [3.05, 3.63) is 0 Å². The smallest absolute Gasteiger partial charge is 0.222 e. The number of rotatable bonds is 5. The predicted molar refractivity (Wildman–Crippen MR) is 60.3 cm³/mol. The lowest BCUT2D eigenvalue weighted by Crippen LogP contribution is -2.35. The fourth-order valence-corrected chi connectivity index (χ4v) is 1.70. The van der Waals surface area contributed by atoms with Gasteiger partial charge >= 0.3 is 0 Å². The Morgan fingerprint density at radius 1 is 1.50 bits per heavy atom. The Labute approximate surface area is 88.3 Å². The average molecular weight is 200 g/mol. The first-order valence-electron chi connectivity index (χ1n) is 5.74. The summed E-state index contributed by atoms with van der Waals surface area (Å²) in [4.78, 5) is 13.8. The maximum absolute atomic E-state index is 11.4. The molecule has 3 nitrogen and oxygen atoms in total. The SMILES string of the molecule is CCC(C)C(=O)NCCN1CCCC1.[HH]. The maximum atomic E-state index is 11.4. The van der Waals surface area contributed by atoms with E-state index in [2.05, 4.69) is 10.2 Å². The van der Waals surface area contributed by atoms with Gasteiger partial charge in [-0.3, -0.25) is 4.79 Å². The van der Waals surface area contributed by atoms with Gasteiger partial charge in [-0.15, -0.1) is 0 Å². The lowest BCUT2D eigenvalue weighted by atomic mass is 10.1. The van der Waals surface area contributed by atoms with E-state index in [0.29, 0.717) is 0 Å². The van der Waals surface area contributed by atoms with Crippen LogP contribution in [0.15, 0.2) is 0 Å². The Hall–Kier alpha value is -0.570. The third-order valence-corrected chi connectivity index (χ3v) is 2.99. The average Bonchev–Trinajstić information content (AvgIpc) is 2.69. The Balaban J connectivity index is 0.00000196. The van der Waals surface area contributed by atoms with Gasteiger partial charge in [0, 0.05) is 20.4 Å². The Kier molecular flexibility index (Phi) is 4.94. The van der Waals surface area contributed by atoms with Crippen LogP contribution in [-0.2, 0) is 4.79 Å². The molecule has 1 unspecified atom stereocenters. The van der Waals surface area contributed by atoms with Gasteiger partial charge in [0.05, 0.1) is 0 Å². The van der Waals surface area contributed by atoms with Crippen molar-refractivity contribution in [1.82, 2.24) is 10.2 Å². The molecule has 0 aliphatic carbocycles. The molecule has 1 amide bonds. The molecule has 84 valence electrons. The summed E-state index contributed by atoms with van der Waals surface area (Å²) in [6.45, 7) is 8.26. The minimum Gasteiger partial charge on any atom is -0.355 e. The van der Waals surface area contributed by atoms with Crippen molar-refractivity contribution in [2.24, 2.45) is 5.92 Å². The summed E-state index contributed by atoms with van der Waals surface area (Å²) in [5.74, 6) is 0.361. The second-order valence-electron chi connectivity index (χ2n) is 4.15. The van der Waals surface area contributed by atoms with Gasteiger partial charge in [-0.1, -0.05) is 13.8 Å². The summed E-state index contributed by atoms with van der Waals surface area (Å²) in [7, 11) is 0. The van der Waals surface area contributed by atoms with Crippen LogP contribution in [0.4, 0.5) is 0 Å². The van der Waals surface area contributed by atoms with Gasteiger partial charge in [0.1, 0.15) is 0 Å². The number of carbonyl (C=O) groups is 1. The summed E-state index contributed by atoms with van der Waals surface area (Å²) in [5.41, 5.74) is 0. The highest BCUT2D eigenvalue weighted by atomic mass is 16.1. The molecule has 1 fully saturated rings. The topological polar surface area (TPSA) is 32.3 Å². The van der Waals surface area contributed by atoms with Crippen LogP contribution in [0.1, 0.15) is 34.5 Å². The molecule has 1 aliphatic rings. The van der Waals surface area contributed by atoms with E-state index in [1.165, 1.54) is 25.9 Å². The predicted octanol–water partition coefficient (Wildman–Crippen LogP) is 1.49. The molecule has 0 aromatic heterocycles. The van der Waals surface area contributed by atoms with Gasteiger partial charge < -0.3 is 10.2 Å². The Morgan fingerprint density at radius 2 is 2.14 bits per heavy atom. The fraction of sp³-hybridized carbons (Fsp3) is 0.909. The molecule has 0 aromatic rings. The normalized spacial score (nSPS) is 19.6. The van der Waals surface area contributed by atoms with Crippen LogP contribution >= 0.6 is 0 Å². The zero-order valence-corrected chi connectivity index (χ0v) is 9.38. The quantitative estimate of drug-likeness (QED) is 0.729. The zero-order valence-electron chi connectivity index (χ0n) is 9.38. The maximum Gasteiger partial charge on any atom is 0.222 e. The van der Waals surface area contributed by atoms with Crippen LogP contribution in [0.3, 0.4) is 0 Å². The number of amides is 1. The van der Waals surface area contributed by atoms with Gasteiger partial charge in [-0.05, 0) is 32.4 Å². The zero-order chi connectivity index (χ0) is 10.4. The van der Waals surface area contributed by atoms with Gasteiger partial charge in [-0.2, -0.15) is 0 Å². The molecule has 0 spiro atoms. The minimum absolute atomic E-state index is 0. The van der Waals surface area contributed by atoms with Crippen molar-refractivity contribution in [2.45, 2.75) is 33.1 Å².